The highest BCUT2D eigenvalue weighted by molar-refractivity contribution is 9.10. The van der Waals surface area contributed by atoms with Gasteiger partial charge in [0.2, 0.25) is 0 Å². The Morgan fingerprint density at radius 2 is 2.12 bits per heavy atom. The van der Waals surface area contributed by atoms with Gasteiger partial charge in [-0.15, -0.1) is 0 Å². The zero-order valence-electron chi connectivity index (χ0n) is 9.80. The number of hydrogen-bond donors (Lipinski definition) is 2. The SMILES string of the molecule is CNC(C)CNC(=O)c1cc(C)cc(Br)c1. The Labute approximate surface area is 105 Å². The van der Waals surface area contributed by atoms with E-state index in [2.05, 4.69) is 26.6 Å². The van der Waals surface area contributed by atoms with E-state index in [0.29, 0.717) is 12.1 Å². The molecule has 0 aliphatic carbocycles. The van der Waals surface area contributed by atoms with Crippen LogP contribution in [0, 0.1) is 6.92 Å². The largest absolute Gasteiger partial charge is 0.350 e. The Bertz CT molecular complexity index is 359. The molecule has 0 saturated heterocycles. The highest BCUT2D eigenvalue weighted by atomic mass is 79.9. The van der Waals surface area contributed by atoms with Gasteiger partial charge in [-0.3, -0.25) is 4.79 Å². The summed E-state index contributed by atoms with van der Waals surface area (Å²) >= 11 is 3.38. The molecule has 0 aliphatic rings. The van der Waals surface area contributed by atoms with Crippen LogP contribution in [0.3, 0.4) is 0 Å². The van der Waals surface area contributed by atoms with Gasteiger partial charge < -0.3 is 10.6 Å². The smallest absolute Gasteiger partial charge is 0.251 e. The number of carbonyl (C=O) groups is 1. The van der Waals surface area contributed by atoms with Crippen molar-refractivity contribution < 1.29 is 4.79 Å². The second kappa shape index (κ2) is 6.01. The highest BCUT2D eigenvalue weighted by Crippen LogP contribution is 2.15. The molecule has 0 heterocycles. The number of nitrogens with one attached hydrogen (secondary N) is 2. The fourth-order valence-electron chi connectivity index (χ4n) is 1.32. The van der Waals surface area contributed by atoms with Crippen LogP contribution in [0.2, 0.25) is 0 Å². The van der Waals surface area contributed by atoms with Crippen LogP contribution in [0.15, 0.2) is 22.7 Å². The molecule has 3 nitrogen and oxygen atoms in total. The first-order valence-electron chi connectivity index (χ1n) is 5.25. The van der Waals surface area contributed by atoms with Gasteiger partial charge in [-0.25, -0.2) is 0 Å². The van der Waals surface area contributed by atoms with E-state index in [-0.39, 0.29) is 11.9 Å². The monoisotopic (exact) mass is 284 g/mol. The summed E-state index contributed by atoms with van der Waals surface area (Å²) in [5.41, 5.74) is 1.76. The summed E-state index contributed by atoms with van der Waals surface area (Å²) in [6.45, 7) is 4.62. The van der Waals surface area contributed by atoms with Crippen molar-refractivity contribution in [1.82, 2.24) is 10.6 Å². The van der Waals surface area contributed by atoms with Crippen molar-refractivity contribution in [2.45, 2.75) is 19.9 Å². The molecule has 1 aromatic carbocycles. The number of rotatable bonds is 4. The number of amides is 1. The molecule has 1 rings (SSSR count). The van der Waals surface area contributed by atoms with Gasteiger partial charge in [0, 0.05) is 22.6 Å². The average molecular weight is 285 g/mol. The minimum atomic E-state index is -0.0356. The van der Waals surface area contributed by atoms with Gasteiger partial charge in [-0.1, -0.05) is 15.9 Å². The lowest BCUT2D eigenvalue weighted by Gasteiger charge is -2.11. The van der Waals surface area contributed by atoms with E-state index in [9.17, 15) is 4.79 Å². The van der Waals surface area contributed by atoms with Crippen LogP contribution in [0.25, 0.3) is 0 Å². The van der Waals surface area contributed by atoms with E-state index < -0.39 is 0 Å². The zero-order valence-corrected chi connectivity index (χ0v) is 11.4. The molecule has 1 unspecified atom stereocenters. The minimum Gasteiger partial charge on any atom is -0.350 e. The molecule has 0 bridgehead atoms. The minimum absolute atomic E-state index is 0.0356. The van der Waals surface area contributed by atoms with Crippen molar-refractivity contribution in [1.29, 1.82) is 0 Å². The molecule has 0 aliphatic heterocycles. The lowest BCUT2D eigenvalue weighted by Crippen LogP contribution is -2.37. The third kappa shape index (κ3) is 3.94. The first-order chi connectivity index (χ1) is 7.52. The van der Waals surface area contributed by atoms with E-state index in [1.54, 1.807) is 0 Å². The third-order valence-electron chi connectivity index (χ3n) is 2.37. The van der Waals surface area contributed by atoms with Crippen LogP contribution >= 0.6 is 15.9 Å². The molecule has 1 amide bonds. The van der Waals surface area contributed by atoms with Crippen LogP contribution in [0.1, 0.15) is 22.8 Å². The standard InChI is InChI=1S/C12H17BrN2O/c1-8-4-10(6-11(13)5-8)12(16)15-7-9(2)14-3/h4-6,9,14H,7H2,1-3H3,(H,15,16). The quantitative estimate of drug-likeness (QED) is 0.889. The maximum atomic E-state index is 11.8. The molecule has 0 radical (unpaired) electrons. The van der Waals surface area contributed by atoms with Crippen molar-refractivity contribution in [3.8, 4) is 0 Å². The molecular weight excluding hydrogens is 268 g/mol. The lowest BCUT2D eigenvalue weighted by atomic mass is 10.1. The van der Waals surface area contributed by atoms with Gasteiger partial charge in [0.15, 0.2) is 0 Å². The van der Waals surface area contributed by atoms with Gasteiger partial charge in [0.1, 0.15) is 0 Å². The third-order valence-corrected chi connectivity index (χ3v) is 2.82. The van der Waals surface area contributed by atoms with E-state index in [4.69, 9.17) is 0 Å². The molecule has 0 fully saturated rings. The van der Waals surface area contributed by atoms with Crippen molar-refractivity contribution in [3.05, 3.63) is 33.8 Å². The van der Waals surface area contributed by atoms with E-state index in [1.165, 1.54) is 0 Å². The number of aryl methyl sites for hydroxylation is 1. The van der Waals surface area contributed by atoms with Crippen LogP contribution in [0.5, 0.6) is 0 Å². The Morgan fingerprint density at radius 1 is 1.44 bits per heavy atom. The Kier molecular flexibility index (Phi) is 4.96. The van der Waals surface area contributed by atoms with Crippen LogP contribution < -0.4 is 10.6 Å². The van der Waals surface area contributed by atoms with E-state index >= 15 is 0 Å². The summed E-state index contributed by atoms with van der Waals surface area (Å²) in [5.74, 6) is -0.0356. The second-order valence-corrected chi connectivity index (χ2v) is 4.83. The normalized spacial score (nSPS) is 12.2. The zero-order chi connectivity index (χ0) is 12.1. The van der Waals surface area contributed by atoms with E-state index in [1.807, 2.05) is 39.1 Å². The lowest BCUT2D eigenvalue weighted by molar-refractivity contribution is 0.0950. The molecule has 2 N–H and O–H groups in total. The molecular formula is C12H17BrN2O. The Hall–Kier alpha value is -0.870. The van der Waals surface area contributed by atoms with Crippen LogP contribution in [-0.4, -0.2) is 25.5 Å². The summed E-state index contributed by atoms with van der Waals surface area (Å²) in [4.78, 5) is 11.8. The van der Waals surface area contributed by atoms with E-state index in [0.717, 1.165) is 10.0 Å². The molecule has 1 atom stereocenters. The van der Waals surface area contributed by atoms with Crippen molar-refractivity contribution in [3.63, 3.8) is 0 Å². The maximum Gasteiger partial charge on any atom is 0.251 e. The first kappa shape index (κ1) is 13.2. The van der Waals surface area contributed by atoms with Crippen LogP contribution in [-0.2, 0) is 0 Å². The van der Waals surface area contributed by atoms with Gasteiger partial charge in [0.25, 0.3) is 5.91 Å². The number of halogens is 1. The molecule has 4 heteroatoms. The summed E-state index contributed by atoms with van der Waals surface area (Å²) in [6, 6.07) is 5.96. The van der Waals surface area contributed by atoms with Crippen molar-refractivity contribution in [2.75, 3.05) is 13.6 Å². The van der Waals surface area contributed by atoms with Gasteiger partial charge in [-0.2, -0.15) is 0 Å². The molecule has 1 aromatic rings. The van der Waals surface area contributed by atoms with Gasteiger partial charge in [0.05, 0.1) is 0 Å². The Morgan fingerprint density at radius 3 is 2.69 bits per heavy atom. The average Bonchev–Trinajstić information content (AvgIpc) is 2.23. The summed E-state index contributed by atoms with van der Waals surface area (Å²) in [7, 11) is 1.88. The fraction of sp³-hybridized carbons (Fsp3) is 0.417. The topological polar surface area (TPSA) is 41.1 Å². The highest BCUT2D eigenvalue weighted by Gasteiger charge is 2.07. The van der Waals surface area contributed by atoms with Crippen molar-refractivity contribution in [2.24, 2.45) is 0 Å². The number of likely N-dealkylation sites (N-methyl/N-ethyl adjacent to an activating group) is 1. The summed E-state index contributed by atoms with van der Waals surface area (Å²) in [6.07, 6.45) is 0. The summed E-state index contributed by atoms with van der Waals surface area (Å²) < 4.78 is 0.930. The predicted octanol–water partition coefficient (Wildman–Crippen LogP) is 2.10. The van der Waals surface area contributed by atoms with Gasteiger partial charge >= 0.3 is 0 Å². The number of benzene rings is 1. The van der Waals surface area contributed by atoms with Gasteiger partial charge in [-0.05, 0) is 44.7 Å². The Balaban J connectivity index is 2.66. The first-order valence-corrected chi connectivity index (χ1v) is 6.05. The van der Waals surface area contributed by atoms with Crippen LogP contribution in [0.4, 0.5) is 0 Å². The molecule has 16 heavy (non-hydrogen) atoms. The predicted molar refractivity (Wildman–Crippen MR) is 69.7 cm³/mol. The van der Waals surface area contributed by atoms with Crippen molar-refractivity contribution >= 4 is 21.8 Å². The second-order valence-electron chi connectivity index (χ2n) is 3.92. The molecule has 0 spiro atoms. The molecule has 88 valence electrons. The molecule has 0 aromatic heterocycles. The maximum absolute atomic E-state index is 11.8. The number of hydrogen-bond acceptors (Lipinski definition) is 2. The number of carbonyl (C=O) groups excluding carboxylic acids is 1. The summed E-state index contributed by atoms with van der Waals surface area (Å²) in [5, 5.41) is 5.95. The molecule has 0 saturated carbocycles. The fourth-order valence-corrected chi connectivity index (χ4v) is 1.93.